The Morgan fingerprint density at radius 2 is 2.22 bits per heavy atom. The van der Waals surface area contributed by atoms with E-state index in [2.05, 4.69) is 35.0 Å². The molecule has 0 radical (unpaired) electrons. The second kappa shape index (κ2) is 4.81. The summed E-state index contributed by atoms with van der Waals surface area (Å²) in [7, 11) is 4.02. The maximum absolute atomic E-state index is 5.52. The third-order valence-corrected chi connectivity index (χ3v) is 4.37. The Labute approximate surface area is 109 Å². The zero-order valence-corrected chi connectivity index (χ0v) is 11.4. The monoisotopic (exact) mass is 246 g/mol. The maximum Gasteiger partial charge on any atom is 0.142 e. The summed E-state index contributed by atoms with van der Waals surface area (Å²) in [5.41, 5.74) is 2.77. The lowest BCUT2D eigenvalue weighted by molar-refractivity contribution is 0.312. The first-order valence-corrected chi connectivity index (χ1v) is 6.90. The lowest BCUT2D eigenvalue weighted by atomic mass is 10.1. The summed E-state index contributed by atoms with van der Waals surface area (Å²) < 4.78 is 5.52. The molecule has 1 saturated heterocycles. The van der Waals surface area contributed by atoms with Crippen LogP contribution in [0.5, 0.6) is 5.75 Å². The molecule has 3 nitrogen and oxygen atoms in total. The van der Waals surface area contributed by atoms with Gasteiger partial charge >= 0.3 is 0 Å². The van der Waals surface area contributed by atoms with Crippen LogP contribution < -0.4 is 9.64 Å². The van der Waals surface area contributed by atoms with Gasteiger partial charge in [-0.05, 0) is 44.5 Å². The van der Waals surface area contributed by atoms with Gasteiger partial charge in [0.1, 0.15) is 5.75 Å². The molecule has 0 bridgehead atoms. The largest absolute Gasteiger partial charge is 0.495 e. The Morgan fingerprint density at radius 3 is 2.94 bits per heavy atom. The van der Waals surface area contributed by atoms with Crippen molar-refractivity contribution in [1.82, 2.24) is 4.90 Å². The quantitative estimate of drug-likeness (QED) is 0.813. The average Bonchev–Trinajstić information content (AvgIpc) is 2.97. The van der Waals surface area contributed by atoms with E-state index in [9.17, 15) is 0 Å². The zero-order valence-electron chi connectivity index (χ0n) is 11.4. The van der Waals surface area contributed by atoms with Gasteiger partial charge in [0.25, 0.3) is 0 Å². The van der Waals surface area contributed by atoms with E-state index in [0.29, 0.717) is 6.04 Å². The van der Waals surface area contributed by atoms with Gasteiger partial charge in [-0.3, -0.25) is 0 Å². The number of rotatable bonds is 3. The molecule has 1 aromatic carbocycles. The van der Waals surface area contributed by atoms with Crippen LogP contribution in [-0.2, 0) is 6.42 Å². The van der Waals surface area contributed by atoms with Gasteiger partial charge in [0.05, 0.1) is 12.8 Å². The minimum absolute atomic E-state index is 0.709. The minimum Gasteiger partial charge on any atom is -0.495 e. The van der Waals surface area contributed by atoms with Gasteiger partial charge in [-0.25, -0.2) is 0 Å². The zero-order chi connectivity index (χ0) is 12.5. The summed E-state index contributed by atoms with van der Waals surface area (Å²) in [5, 5.41) is 0. The van der Waals surface area contributed by atoms with Crippen molar-refractivity contribution >= 4 is 5.69 Å². The lowest BCUT2D eigenvalue weighted by Crippen LogP contribution is -2.37. The van der Waals surface area contributed by atoms with Gasteiger partial charge in [-0.15, -0.1) is 0 Å². The molecule has 0 amide bonds. The van der Waals surface area contributed by atoms with E-state index >= 15 is 0 Å². The molecule has 98 valence electrons. The van der Waals surface area contributed by atoms with Gasteiger partial charge in [0.2, 0.25) is 0 Å². The van der Waals surface area contributed by atoms with E-state index in [0.717, 1.165) is 25.3 Å². The molecule has 0 aromatic heterocycles. The van der Waals surface area contributed by atoms with Crippen LogP contribution in [0.2, 0.25) is 0 Å². The van der Waals surface area contributed by atoms with Crippen molar-refractivity contribution in [3.63, 3.8) is 0 Å². The molecule has 0 N–H and O–H groups in total. The fourth-order valence-corrected chi connectivity index (χ4v) is 3.31. The number of para-hydroxylation sites is 1. The molecule has 1 aromatic rings. The van der Waals surface area contributed by atoms with E-state index in [1.165, 1.54) is 30.6 Å². The standard InChI is InChI=1S/C15H22N2O/c1-16-9-4-6-13(16)11-17-10-8-12-5-3-7-14(18-2)15(12)17/h3,5,7,13H,4,6,8-11H2,1-2H3/t13-/m0/s1. The molecule has 2 aliphatic heterocycles. The third kappa shape index (κ3) is 1.97. The van der Waals surface area contributed by atoms with Crippen molar-refractivity contribution in [2.45, 2.75) is 25.3 Å². The normalized spacial score (nSPS) is 23.4. The summed E-state index contributed by atoms with van der Waals surface area (Å²) in [6.45, 7) is 3.53. The Hall–Kier alpha value is -1.22. The average molecular weight is 246 g/mol. The minimum atomic E-state index is 0.709. The van der Waals surface area contributed by atoms with Gasteiger partial charge in [-0.1, -0.05) is 12.1 Å². The fraction of sp³-hybridized carbons (Fsp3) is 0.600. The molecule has 0 unspecified atom stereocenters. The summed E-state index contributed by atoms with van der Waals surface area (Å²) in [5.74, 6) is 1.03. The number of fused-ring (bicyclic) bond motifs is 1. The molecule has 3 rings (SSSR count). The number of benzene rings is 1. The number of likely N-dealkylation sites (N-methyl/N-ethyl adjacent to an activating group) is 1. The fourth-order valence-electron chi connectivity index (χ4n) is 3.31. The lowest BCUT2D eigenvalue weighted by Gasteiger charge is -2.28. The first kappa shape index (κ1) is 11.8. The number of ether oxygens (including phenoxy) is 1. The van der Waals surface area contributed by atoms with Crippen LogP contribution in [0.3, 0.4) is 0 Å². The van der Waals surface area contributed by atoms with E-state index < -0.39 is 0 Å². The highest BCUT2D eigenvalue weighted by atomic mass is 16.5. The SMILES string of the molecule is COc1cccc2c1N(C[C@@H]1CCCN1C)CC2. The van der Waals surface area contributed by atoms with Crippen LogP contribution in [0.1, 0.15) is 18.4 Å². The number of nitrogens with zero attached hydrogens (tertiary/aromatic N) is 2. The summed E-state index contributed by atoms with van der Waals surface area (Å²) in [4.78, 5) is 5.01. The topological polar surface area (TPSA) is 15.7 Å². The number of hydrogen-bond donors (Lipinski definition) is 0. The highest BCUT2D eigenvalue weighted by molar-refractivity contribution is 5.67. The predicted molar refractivity (Wildman–Crippen MR) is 74.6 cm³/mol. The first-order valence-electron chi connectivity index (χ1n) is 6.90. The molecule has 0 spiro atoms. The second-order valence-electron chi connectivity index (χ2n) is 5.44. The molecule has 18 heavy (non-hydrogen) atoms. The number of hydrogen-bond acceptors (Lipinski definition) is 3. The van der Waals surface area contributed by atoms with Crippen LogP contribution in [0.4, 0.5) is 5.69 Å². The molecule has 3 heteroatoms. The van der Waals surface area contributed by atoms with E-state index in [4.69, 9.17) is 4.74 Å². The van der Waals surface area contributed by atoms with Gasteiger partial charge in [-0.2, -0.15) is 0 Å². The molecule has 2 heterocycles. The molecule has 0 saturated carbocycles. The van der Waals surface area contributed by atoms with E-state index in [1.54, 1.807) is 7.11 Å². The second-order valence-corrected chi connectivity index (χ2v) is 5.44. The Bertz CT molecular complexity index is 433. The van der Waals surface area contributed by atoms with E-state index in [-0.39, 0.29) is 0 Å². The van der Waals surface area contributed by atoms with Crippen LogP contribution in [-0.4, -0.2) is 44.7 Å². The van der Waals surface area contributed by atoms with Crippen LogP contribution >= 0.6 is 0 Å². The summed E-state index contributed by atoms with van der Waals surface area (Å²) in [6, 6.07) is 7.12. The van der Waals surface area contributed by atoms with Crippen molar-refractivity contribution in [3.8, 4) is 5.75 Å². The molecule has 0 aliphatic carbocycles. The Morgan fingerprint density at radius 1 is 1.33 bits per heavy atom. The van der Waals surface area contributed by atoms with Gasteiger partial charge in [0.15, 0.2) is 0 Å². The van der Waals surface area contributed by atoms with Crippen LogP contribution in [0.25, 0.3) is 0 Å². The highest BCUT2D eigenvalue weighted by Crippen LogP contribution is 2.37. The Kier molecular flexibility index (Phi) is 3.16. The van der Waals surface area contributed by atoms with Crippen molar-refractivity contribution in [2.75, 3.05) is 38.7 Å². The van der Waals surface area contributed by atoms with Crippen molar-refractivity contribution in [2.24, 2.45) is 0 Å². The molecular weight excluding hydrogens is 224 g/mol. The van der Waals surface area contributed by atoms with Crippen molar-refractivity contribution < 1.29 is 4.74 Å². The Balaban J connectivity index is 1.81. The van der Waals surface area contributed by atoms with Gasteiger partial charge in [0, 0.05) is 19.1 Å². The summed E-state index contributed by atoms with van der Waals surface area (Å²) in [6.07, 6.45) is 3.83. The smallest absolute Gasteiger partial charge is 0.142 e. The number of anilines is 1. The van der Waals surface area contributed by atoms with Gasteiger partial charge < -0.3 is 14.5 Å². The molecule has 2 aliphatic rings. The molecule has 1 atom stereocenters. The maximum atomic E-state index is 5.52. The molecular formula is C15H22N2O. The third-order valence-electron chi connectivity index (χ3n) is 4.37. The highest BCUT2D eigenvalue weighted by Gasteiger charge is 2.28. The van der Waals surface area contributed by atoms with E-state index in [1.807, 2.05) is 0 Å². The predicted octanol–water partition coefficient (Wildman–Crippen LogP) is 2.15. The summed E-state index contributed by atoms with van der Waals surface area (Å²) >= 11 is 0. The van der Waals surface area contributed by atoms with Crippen LogP contribution in [0, 0.1) is 0 Å². The van der Waals surface area contributed by atoms with Crippen molar-refractivity contribution in [1.29, 1.82) is 0 Å². The van der Waals surface area contributed by atoms with Crippen LogP contribution in [0.15, 0.2) is 18.2 Å². The first-order chi connectivity index (χ1) is 8.79. The number of likely N-dealkylation sites (tertiary alicyclic amines) is 1. The molecule has 1 fully saturated rings. The number of methoxy groups -OCH3 is 1. The van der Waals surface area contributed by atoms with Crippen molar-refractivity contribution in [3.05, 3.63) is 23.8 Å².